The van der Waals surface area contributed by atoms with Crippen LogP contribution in [0, 0.1) is 4.77 Å². The van der Waals surface area contributed by atoms with Crippen molar-refractivity contribution in [3.05, 3.63) is 68.7 Å². The van der Waals surface area contributed by atoms with Gasteiger partial charge in [-0.3, -0.25) is 14.2 Å². The number of benzene rings is 2. The number of aromatic nitrogens is 3. The molecule has 0 saturated heterocycles. The topological polar surface area (TPSA) is 79.8 Å². The summed E-state index contributed by atoms with van der Waals surface area (Å²) in [6, 6.07) is 15.1. The van der Waals surface area contributed by atoms with E-state index >= 15 is 0 Å². The molecule has 0 saturated carbocycles. The maximum absolute atomic E-state index is 12.6. The molecule has 0 aliphatic carbocycles. The summed E-state index contributed by atoms with van der Waals surface area (Å²) in [5, 5.41) is 4.26. The molecular formula is C19H16N4O2S2. The number of H-pyrrole nitrogens is 1. The summed E-state index contributed by atoms with van der Waals surface area (Å²) < 4.78 is 2.84. The van der Waals surface area contributed by atoms with Crippen LogP contribution < -0.4 is 10.9 Å². The molecule has 1 amide bonds. The fraction of sp³-hybridized carbons (Fsp3) is 0.158. The van der Waals surface area contributed by atoms with E-state index in [4.69, 9.17) is 12.2 Å². The Bertz CT molecular complexity index is 1220. The summed E-state index contributed by atoms with van der Waals surface area (Å²) in [5.41, 5.74) is 1.44. The van der Waals surface area contributed by atoms with Gasteiger partial charge in [-0.05, 0) is 36.5 Å². The fourth-order valence-electron chi connectivity index (χ4n) is 2.87. The average Bonchev–Trinajstić information content (AvgIpc) is 3.09. The second-order valence-corrected chi connectivity index (χ2v) is 7.54. The molecule has 8 heteroatoms. The van der Waals surface area contributed by atoms with Crippen molar-refractivity contribution in [2.24, 2.45) is 0 Å². The van der Waals surface area contributed by atoms with Crippen molar-refractivity contribution in [2.75, 3.05) is 0 Å². The molecule has 2 N–H and O–H groups in total. The number of carbonyl (C=O) groups is 1. The predicted molar refractivity (Wildman–Crippen MR) is 109 cm³/mol. The van der Waals surface area contributed by atoms with E-state index in [0.29, 0.717) is 22.2 Å². The molecule has 4 rings (SSSR count). The monoisotopic (exact) mass is 396 g/mol. The van der Waals surface area contributed by atoms with Crippen molar-refractivity contribution in [3.8, 4) is 0 Å². The second-order valence-electron chi connectivity index (χ2n) is 6.03. The lowest BCUT2D eigenvalue weighted by Crippen LogP contribution is -2.28. The zero-order valence-corrected chi connectivity index (χ0v) is 15.9. The van der Waals surface area contributed by atoms with Crippen LogP contribution in [-0.4, -0.2) is 20.4 Å². The standard InChI is InChI=1S/C19H16N4O2S2/c24-16(20-11-17-21-14-7-3-4-8-15(14)27-17)9-10-23-18(25)12-5-1-2-6-13(12)22-19(23)26/h1-8H,9-11H2,(H,20,24)(H,22,26). The Morgan fingerprint density at radius 1 is 1.19 bits per heavy atom. The first-order valence-electron chi connectivity index (χ1n) is 8.45. The van der Waals surface area contributed by atoms with Gasteiger partial charge < -0.3 is 10.3 Å². The van der Waals surface area contributed by atoms with Gasteiger partial charge in [0.15, 0.2) is 4.77 Å². The lowest BCUT2D eigenvalue weighted by atomic mass is 10.2. The molecule has 2 aromatic heterocycles. The summed E-state index contributed by atoms with van der Waals surface area (Å²) in [5.74, 6) is -0.149. The van der Waals surface area contributed by atoms with Crippen LogP contribution in [0.3, 0.4) is 0 Å². The minimum Gasteiger partial charge on any atom is -0.350 e. The van der Waals surface area contributed by atoms with E-state index < -0.39 is 0 Å². The number of rotatable bonds is 5. The number of nitrogens with one attached hydrogen (secondary N) is 2. The molecule has 0 unspecified atom stereocenters. The maximum Gasteiger partial charge on any atom is 0.262 e. The molecule has 0 aliphatic heterocycles. The van der Waals surface area contributed by atoms with E-state index in [0.717, 1.165) is 15.2 Å². The van der Waals surface area contributed by atoms with Gasteiger partial charge in [0.2, 0.25) is 5.91 Å². The summed E-state index contributed by atoms with van der Waals surface area (Å²) >= 11 is 6.82. The molecule has 0 aliphatic rings. The van der Waals surface area contributed by atoms with Crippen molar-refractivity contribution in [3.63, 3.8) is 0 Å². The lowest BCUT2D eigenvalue weighted by Gasteiger charge is -2.08. The van der Waals surface area contributed by atoms with E-state index in [-0.39, 0.29) is 24.4 Å². The van der Waals surface area contributed by atoms with Crippen LogP contribution in [0.4, 0.5) is 0 Å². The molecule has 0 spiro atoms. The molecule has 2 aromatic carbocycles. The van der Waals surface area contributed by atoms with Crippen LogP contribution in [0.1, 0.15) is 11.4 Å². The minimum absolute atomic E-state index is 0.149. The van der Waals surface area contributed by atoms with Crippen molar-refractivity contribution >= 4 is 50.6 Å². The summed E-state index contributed by atoms with van der Waals surface area (Å²) in [6.07, 6.45) is 0.167. The van der Waals surface area contributed by atoms with E-state index in [9.17, 15) is 9.59 Å². The highest BCUT2D eigenvalue weighted by atomic mass is 32.1. The maximum atomic E-state index is 12.6. The van der Waals surface area contributed by atoms with E-state index in [1.807, 2.05) is 36.4 Å². The van der Waals surface area contributed by atoms with Crippen LogP contribution in [0.2, 0.25) is 0 Å². The molecule has 0 fully saturated rings. The van der Waals surface area contributed by atoms with Gasteiger partial charge >= 0.3 is 0 Å². The first-order chi connectivity index (χ1) is 13.1. The third-order valence-corrected chi connectivity index (χ3v) is 5.59. The highest BCUT2D eigenvalue weighted by molar-refractivity contribution is 7.71. The predicted octanol–water partition coefficient (Wildman–Crippen LogP) is 3.38. The smallest absolute Gasteiger partial charge is 0.262 e. The first-order valence-corrected chi connectivity index (χ1v) is 9.67. The molecule has 2 heterocycles. The van der Waals surface area contributed by atoms with Crippen LogP contribution in [-0.2, 0) is 17.9 Å². The summed E-state index contributed by atoms with van der Waals surface area (Å²) in [7, 11) is 0. The molecule has 4 aromatic rings. The number of aromatic amines is 1. The molecule has 0 radical (unpaired) electrons. The van der Waals surface area contributed by atoms with Gasteiger partial charge in [0.05, 0.1) is 27.7 Å². The SMILES string of the molecule is O=C(CCn1c(=S)[nH]c2ccccc2c1=O)NCc1nc2ccccc2s1. The number of hydrogen-bond donors (Lipinski definition) is 2. The van der Waals surface area contributed by atoms with Crippen LogP contribution >= 0.6 is 23.6 Å². The third-order valence-electron chi connectivity index (χ3n) is 4.23. The van der Waals surface area contributed by atoms with Gasteiger partial charge in [-0.15, -0.1) is 11.3 Å². The van der Waals surface area contributed by atoms with Gasteiger partial charge in [0.1, 0.15) is 5.01 Å². The average molecular weight is 396 g/mol. The van der Waals surface area contributed by atoms with Crippen LogP contribution in [0.25, 0.3) is 21.1 Å². The van der Waals surface area contributed by atoms with Gasteiger partial charge in [0.25, 0.3) is 5.56 Å². The van der Waals surface area contributed by atoms with E-state index in [1.54, 1.807) is 23.5 Å². The Balaban J connectivity index is 1.42. The molecule has 0 bridgehead atoms. The van der Waals surface area contributed by atoms with Crippen LogP contribution in [0.5, 0.6) is 0 Å². The Morgan fingerprint density at radius 3 is 2.81 bits per heavy atom. The number of carbonyl (C=O) groups excluding carboxylic acids is 1. The Labute approximate surface area is 163 Å². The van der Waals surface area contributed by atoms with Crippen molar-refractivity contribution in [2.45, 2.75) is 19.5 Å². The van der Waals surface area contributed by atoms with Crippen molar-refractivity contribution in [1.29, 1.82) is 0 Å². The van der Waals surface area contributed by atoms with Crippen LogP contribution in [0.15, 0.2) is 53.3 Å². The largest absolute Gasteiger partial charge is 0.350 e. The fourth-order valence-corrected chi connectivity index (χ4v) is 4.06. The number of fused-ring (bicyclic) bond motifs is 2. The second kappa shape index (κ2) is 7.42. The molecule has 0 atom stereocenters. The Morgan fingerprint density at radius 2 is 1.96 bits per heavy atom. The highest BCUT2D eigenvalue weighted by Crippen LogP contribution is 2.21. The van der Waals surface area contributed by atoms with Crippen molar-refractivity contribution in [1.82, 2.24) is 19.9 Å². The number of hydrogen-bond acceptors (Lipinski definition) is 5. The molecule has 136 valence electrons. The zero-order chi connectivity index (χ0) is 18.8. The van der Waals surface area contributed by atoms with Gasteiger partial charge in [0, 0.05) is 13.0 Å². The first kappa shape index (κ1) is 17.6. The van der Waals surface area contributed by atoms with E-state index in [1.165, 1.54) is 4.57 Å². The number of thiazole rings is 1. The third kappa shape index (κ3) is 3.67. The van der Waals surface area contributed by atoms with E-state index in [2.05, 4.69) is 15.3 Å². The minimum atomic E-state index is -0.187. The Kier molecular flexibility index (Phi) is 4.83. The zero-order valence-electron chi connectivity index (χ0n) is 14.3. The normalized spacial score (nSPS) is 11.1. The number of nitrogens with zero attached hydrogens (tertiary/aromatic N) is 2. The number of amides is 1. The quantitative estimate of drug-likeness (QED) is 0.507. The summed E-state index contributed by atoms with van der Waals surface area (Å²) in [4.78, 5) is 32.3. The summed E-state index contributed by atoms with van der Waals surface area (Å²) in [6.45, 7) is 0.600. The van der Waals surface area contributed by atoms with Gasteiger partial charge in [-0.2, -0.15) is 0 Å². The molecule has 6 nitrogen and oxygen atoms in total. The number of para-hydroxylation sites is 2. The lowest BCUT2D eigenvalue weighted by molar-refractivity contribution is -0.121. The van der Waals surface area contributed by atoms with Gasteiger partial charge in [-0.25, -0.2) is 4.98 Å². The van der Waals surface area contributed by atoms with Crippen molar-refractivity contribution < 1.29 is 4.79 Å². The molecule has 27 heavy (non-hydrogen) atoms. The molecular weight excluding hydrogens is 380 g/mol. The highest BCUT2D eigenvalue weighted by Gasteiger charge is 2.09. The Hall–Kier alpha value is -2.84. The van der Waals surface area contributed by atoms with Gasteiger partial charge in [-0.1, -0.05) is 24.3 Å².